The molecule has 0 aromatic carbocycles. The van der Waals surface area contributed by atoms with Gasteiger partial charge < -0.3 is 49.6 Å². The van der Waals surface area contributed by atoms with E-state index in [1.165, 1.54) is 27.7 Å². The molecule has 0 rings (SSSR count). The van der Waals surface area contributed by atoms with Crippen molar-refractivity contribution in [2.75, 3.05) is 59.5 Å². The fraction of sp³-hybridized carbons (Fsp3) is 0.808. The van der Waals surface area contributed by atoms with Crippen LogP contribution in [0.25, 0.3) is 0 Å². The second-order valence-electron chi connectivity index (χ2n) is 11.6. The van der Waals surface area contributed by atoms with Crippen molar-refractivity contribution in [3.05, 3.63) is 0 Å². The number of carbonyl (C=O) groups is 5. The molecule has 0 aliphatic carbocycles. The molecular weight excluding hydrogens is 552 g/mol. The Bertz CT molecular complexity index is 932. The van der Waals surface area contributed by atoms with Crippen LogP contribution >= 0.6 is 0 Å². The summed E-state index contributed by atoms with van der Waals surface area (Å²) >= 11 is 0. The number of aliphatic hydroxyl groups excluding tert-OH is 5. The van der Waals surface area contributed by atoms with E-state index in [4.69, 9.17) is 18.9 Å². The molecule has 0 radical (unpaired) electrons. The van der Waals surface area contributed by atoms with E-state index < -0.39 is 116 Å². The molecule has 41 heavy (non-hydrogen) atoms. The van der Waals surface area contributed by atoms with Gasteiger partial charge in [0.2, 0.25) is 0 Å². The molecule has 6 N–H and O–H groups in total. The average molecular weight is 597 g/mol. The van der Waals surface area contributed by atoms with Gasteiger partial charge in [0.15, 0.2) is 0 Å². The molecule has 0 heterocycles. The lowest BCUT2D eigenvalue weighted by Crippen LogP contribution is -2.46. The summed E-state index contributed by atoms with van der Waals surface area (Å²) in [6.45, 7) is 1.07. The van der Waals surface area contributed by atoms with Gasteiger partial charge in [0.1, 0.15) is 48.1 Å². The van der Waals surface area contributed by atoms with Crippen molar-refractivity contribution in [1.29, 1.82) is 0 Å². The van der Waals surface area contributed by atoms with Crippen LogP contribution in [0.15, 0.2) is 0 Å². The van der Waals surface area contributed by atoms with Crippen LogP contribution in [0.2, 0.25) is 0 Å². The summed E-state index contributed by atoms with van der Waals surface area (Å²) in [5.74, 6) is -5.56. The molecule has 5 unspecified atom stereocenters. The number of rotatable bonds is 19. The number of aliphatic hydroxyl groups is 5. The van der Waals surface area contributed by atoms with E-state index in [2.05, 4.69) is 0 Å². The SMILES string of the molecule is CCC(C)(CO)C(=O)OCC(C)(CO)C(=O)OCC(C)(CO)C(=O)OCC(C)(CO)C(=O)OCC(C)(CO)C(=O)O. The summed E-state index contributed by atoms with van der Waals surface area (Å²) < 4.78 is 20.3. The third kappa shape index (κ3) is 9.60. The topological polar surface area (TPSA) is 244 Å². The van der Waals surface area contributed by atoms with Crippen molar-refractivity contribution in [3.8, 4) is 0 Å². The van der Waals surface area contributed by atoms with Crippen LogP contribution in [0.3, 0.4) is 0 Å². The highest BCUT2D eigenvalue weighted by atomic mass is 16.6. The first kappa shape index (κ1) is 38.1. The van der Waals surface area contributed by atoms with E-state index in [9.17, 15) is 54.6 Å². The predicted molar refractivity (Wildman–Crippen MR) is 138 cm³/mol. The first-order valence-electron chi connectivity index (χ1n) is 12.8. The summed E-state index contributed by atoms with van der Waals surface area (Å²) in [6.07, 6.45) is 0.247. The second kappa shape index (κ2) is 15.4. The van der Waals surface area contributed by atoms with E-state index in [1.54, 1.807) is 6.92 Å². The largest absolute Gasteiger partial charge is 0.481 e. The van der Waals surface area contributed by atoms with Crippen molar-refractivity contribution in [2.24, 2.45) is 27.1 Å². The van der Waals surface area contributed by atoms with Gasteiger partial charge in [-0.2, -0.15) is 0 Å². The number of esters is 4. The first-order chi connectivity index (χ1) is 18.8. The summed E-state index contributed by atoms with van der Waals surface area (Å²) in [4.78, 5) is 61.7. The van der Waals surface area contributed by atoms with Gasteiger partial charge in [0.25, 0.3) is 0 Å². The van der Waals surface area contributed by atoms with E-state index >= 15 is 0 Å². The Morgan fingerprint density at radius 2 is 0.683 bits per heavy atom. The highest BCUT2D eigenvalue weighted by Gasteiger charge is 2.44. The minimum atomic E-state index is -1.86. The molecule has 5 atom stereocenters. The smallest absolute Gasteiger partial charge is 0.317 e. The quantitative estimate of drug-likeness (QED) is 0.0745. The molecule has 0 saturated heterocycles. The van der Waals surface area contributed by atoms with E-state index in [0.717, 1.165) is 6.92 Å². The Labute approximate surface area is 238 Å². The number of hydrogen-bond donors (Lipinski definition) is 6. The standard InChI is InChI=1S/C26H44O15/c1-7-22(2,8-27)18(34)39-14-24(4,10-29)20(36)41-16-26(6,12-31)21(37)40-15-25(5,11-30)19(35)38-13-23(3,9-28)17(32)33/h27-31H,7-16H2,1-6H3,(H,32,33). The van der Waals surface area contributed by atoms with Crippen LogP contribution in [-0.2, 0) is 42.9 Å². The molecule has 0 saturated carbocycles. The fourth-order valence-electron chi connectivity index (χ4n) is 2.60. The molecule has 0 amide bonds. The van der Waals surface area contributed by atoms with Crippen LogP contribution in [0, 0.1) is 27.1 Å². The van der Waals surface area contributed by atoms with Gasteiger partial charge in [-0.05, 0) is 41.0 Å². The normalized spacial score (nSPS) is 18.7. The number of aliphatic carboxylic acids is 1. The van der Waals surface area contributed by atoms with Gasteiger partial charge in [0, 0.05) is 0 Å². The lowest BCUT2D eigenvalue weighted by molar-refractivity contribution is -0.180. The van der Waals surface area contributed by atoms with Crippen LogP contribution in [-0.4, -0.2) is 120 Å². The fourth-order valence-corrected chi connectivity index (χ4v) is 2.60. The zero-order chi connectivity index (χ0) is 32.3. The molecule has 0 aromatic heterocycles. The lowest BCUT2D eigenvalue weighted by atomic mass is 9.88. The molecule has 0 aliphatic rings. The Balaban J connectivity index is 5.37. The molecule has 0 bridgehead atoms. The van der Waals surface area contributed by atoms with E-state index in [-0.39, 0.29) is 6.42 Å². The zero-order valence-corrected chi connectivity index (χ0v) is 24.4. The van der Waals surface area contributed by atoms with E-state index in [1.807, 2.05) is 0 Å². The van der Waals surface area contributed by atoms with Crippen molar-refractivity contribution in [2.45, 2.75) is 48.0 Å². The second-order valence-corrected chi connectivity index (χ2v) is 11.6. The third-order valence-corrected chi connectivity index (χ3v) is 7.10. The first-order valence-corrected chi connectivity index (χ1v) is 12.8. The summed E-state index contributed by atoms with van der Waals surface area (Å²) in [7, 11) is 0. The Morgan fingerprint density at radius 3 is 0.878 bits per heavy atom. The van der Waals surface area contributed by atoms with E-state index in [0.29, 0.717) is 0 Å². The van der Waals surface area contributed by atoms with Gasteiger partial charge in [0.05, 0.1) is 38.4 Å². The molecule has 0 aromatic rings. The summed E-state index contributed by atoms with van der Waals surface area (Å²) in [5.41, 5.74) is -8.49. The highest BCUT2D eigenvalue weighted by molar-refractivity contribution is 5.82. The van der Waals surface area contributed by atoms with Crippen molar-refractivity contribution in [1.82, 2.24) is 0 Å². The van der Waals surface area contributed by atoms with Crippen molar-refractivity contribution in [3.63, 3.8) is 0 Å². The van der Waals surface area contributed by atoms with Crippen LogP contribution in [0.5, 0.6) is 0 Å². The molecule has 238 valence electrons. The molecule has 0 aliphatic heterocycles. The number of carbonyl (C=O) groups excluding carboxylic acids is 4. The highest BCUT2D eigenvalue weighted by Crippen LogP contribution is 2.28. The van der Waals surface area contributed by atoms with Gasteiger partial charge in [-0.1, -0.05) is 6.92 Å². The molecule has 15 heteroatoms. The molecule has 0 fully saturated rings. The van der Waals surface area contributed by atoms with Gasteiger partial charge in [-0.3, -0.25) is 24.0 Å². The monoisotopic (exact) mass is 596 g/mol. The lowest BCUT2D eigenvalue weighted by Gasteiger charge is -2.31. The average Bonchev–Trinajstić information content (AvgIpc) is 2.98. The van der Waals surface area contributed by atoms with Gasteiger partial charge in [-0.15, -0.1) is 0 Å². The minimum absolute atomic E-state index is 0.247. The third-order valence-electron chi connectivity index (χ3n) is 7.10. The maximum absolute atomic E-state index is 12.8. The molecular formula is C26H44O15. The summed E-state index contributed by atoms with van der Waals surface area (Å²) in [6, 6.07) is 0. The van der Waals surface area contributed by atoms with Gasteiger partial charge in [-0.25, -0.2) is 0 Å². The van der Waals surface area contributed by atoms with Crippen molar-refractivity contribution >= 4 is 29.8 Å². The summed E-state index contributed by atoms with van der Waals surface area (Å²) in [5, 5.41) is 57.3. The predicted octanol–water partition coefficient (Wildman–Crippen LogP) is -1.35. The van der Waals surface area contributed by atoms with Gasteiger partial charge >= 0.3 is 29.8 Å². The molecule has 0 spiro atoms. The Hall–Kier alpha value is -2.85. The molecule has 15 nitrogen and oxygen atoms in total. The number of carboxylic acid groups (broad SMARTS) is 1. The number of carboxylic acids is 1. The number of hydrogen-bond acceptors (Lipinski definition) is 14. The zero-order valence-electron chi connectivity index (χ0n) is 24.4. The maximum atomic E-state index is 12.8. The van der Waals surface area contributed by atoms with Crippen LogP contribution < -0.4 is 0 Å². The number of ether oxygens (including phenoxy) is 4. The minimum Gasteiger partial charge on any atom is -0.481 e. The maximum Gasteiger partial charge on any atom is 0.317 e. The van der Waals surface area contributed by atoms with Crippen molar-refractivity contribution < 1.29 is 73.6 Å². The van der Waals surface area contributed by atoms with Crippen LogP contribution in [0.4, 0.5) is 0 Å². The van der Waals surface area contributed by atoms with Crippen LogP contribution in [0.1, 0.15) is 48.0 Å². The Kier molecular flexibility index (Phi) is 14.3. The Morgan fingerprint density at radius 1 is 0.463 bits per heavy atom.